The van der Waals surface area contributed by atoms with Crippen molar-refractivity contribution in [1.82, 2.24) is 9.21 Å². The average molecular weight is 402 g/mol. The van der Waals surface area contributed by atoms with Crippen molar-refractivity contribution in [1.29, 1.82) is 0 Å². The molecule has 0 radical (unpaired) electrons. The lowest BCUT2D eigenvalue weighted by Crippen LogP contribution is -2.51. The summed E-state index contributed by atoms with van der Waals surface area (Å²) >= 11 is 0. The molecule has 0 bridgehead atoms. The highest BCUT2D eigenvalue weighted by molar-refractivity contribution is 7.89. The van der Waals surface area contributed by atoms with E-state index in [1.807, 2.05) is 12.1 Å². The first-order chi connectivity index (χ1) is 13.4. The number of piperazine rings is 1. The monoisotopic (exact) mass is 401 g/mol. The summed E-state index contributed by atoms with van der Waals surface area (Å²) < 4.78 is 26.8. The number of anilines is 1. The number of sulfonamides is 1. The predicted molar refractivity (Wildman–Crippen MR) is 111 cm³/mol. The van der Waals surface area contributed by atoms with Gasteiger partial charge >= 0.3 is 0 Å². The Morgan fingerprint density at radius 1 is 0.964 bits per heavy atom. The fourth-order valence-electron chi connectivity index (χ4n) is 3.19. The van der Waals surface area contributed by atoms with E-state index in [1.54, 1.807) is 35.2 Å². The topological polar surface area (TPSA) is 69.7 Å². The first-order valence-corrected chi connectivity index (χ1v) is 11.0. The van der Waals surface area contributed by atoms with E-state index >= 15 is 0 Å². The van der Waals surface area contributed by atoms with E-state index in [9.17, 15) is 13.2 Å². The summed E-state index contributed by atoms with van der Waals surface area (Å²) in [5.41, 5.74) is 2.16. The normalized spacial score (nSPS) is 15.6. The zero-order chi connectivity index (χ0) is 20.1. The van der Waals surface area contributed by atoms with Crippen molar-refractivity contribution in [3.05, 3.63) is 60.2 Å². The van der Waals surface area contributed by atoms with Crippen LogP contribution < -0.4 is 5.32 Å². The Morgan fingerprint density at radius 2 is 1.57 bits per heavy atom. The lowest BCUT2D eigenvalue weighted by atomic mass is 10.0. The number of carbonyl (C=O) groups excluding carboxylic acids is 1. The number of rotatable bonds is 6. The van der Waals surface area contributed by atoms with Crippen LogP contribution in [-0.4, -0.2) is 56.3 Å². The van der Waals surface area contributed by atoms with Gasteiger partial charge < -0.3 is 10.2 Å². The number of carbonyl (C=O) groups is 1. The van der Waals surface area contributed by atoms with Crippen LogP contribution in [0, 0.1) is 0 Å². The van der Waals surface area contributed by atoms with Crippen molar-refractivity contribution in [2.45, 2.75) is 24.7 Å². The van der Waals surface area contributed by atoms with Crippen LogP contribution in [0.15, 0.2) is 59.5 Å². The maximum Gasteiger partial charge on any atom is 0.243 e. The van der Waals surface area contributed by atoms with Crippen molar-refractivity contribution in [3.63, 3.8) is 0 Å². The van der Waals surface area contributed by atoms with Crippen LogP contribution in [0.3, 0.4) is 0 Å². The molecular weight excluding hydrogens is 374 g/mol. The highest BCUT2D eigenvalue weighted by Crippen LogP contribution is 2.18. The van der Waals surface area contributed by atoms with E-state index in [0.717, 1.165) is 5.69 Å². The van der Waals surface area contributed by atoms with E-state index in [2.05, 4.69) is 31.3 Å². The molecule has 2 aromatic carbocycles. The van der Waals surface area contributed by atoms with Crippen molar-refractivity contribution < 1.29 is 13.2 Å². The number of nitrogens with zero attached hydrogens (tertiary/aromatic N) is 2. The van der Waals surface area contributed by atoms with Gasteiger partial charge in [0, 0.05) is 31.9 Å². The lowest BCUT2D eigenvalue weighted by molar-refractivity contribution is -0.130. The Hall–Kier alpha value is -2.38. The van der Waals surface area contributed by atoms with E-state index in [0.29, 0.717) is 37.0 Å². The summed E-state index contributed by atoms with van der Waals surface area (Å²) in [4.78, 5) is 14.5. The number of hydrogen-bond acceptors (Lipinski definition) is 4. The smallest absolute Gasteiger partial charge is 0.243 e. The van der Waals surface area contributed by atoms with Gasteiger partial charge in [-0.05, 0) is 35.7 Å². The minimum Gasteiger partial charge on any atom is -0.376 e. The molecule has 3 rings (SSSR count). The third-order valence-corrected chi connectivity index (χ3v) is 6.91. The number of amides is 1. The standard InChI is InChI=1S/C21H27N3O3S/c1-17(2)18-8-10-19(11-9-18)22-16-21(25)23-12-14-24(15-13-23)28(26,27)20-6-4-3-5-7-20/h3-11,17,22H,12-16H2,1-2H3. The molecule has 150 valence electrons. The molecule has 1 amide bonds. The molecule has 0 aromatic heterocycles. The Kier molecular flexibility index (Phi) is 6.36. The second-order valence-corrected chi connectivity index (χ2v) is 9.17. The molecule has 1 fully saturated rings. The predicted octanol–water partition coefficient (Wildman–Crippen LogP) is 2.76. The third kappa shape index (κ3) is 4.72. The summed E-state index contributed by atoms with van der Waals surface area (Å²) in [6.45, 7) is 5.91. The Bertz CT molecular complexity index is 888. The summed E-state index contributed by atoms with van der Waals surface area (Å²) in [6, 6.07) is 16.5. The molecule has 1 heterocycles. The largest absolute Gasteiger partial charge is 0.376 e. The van der Waals surface area contributed by atoms with Crippen molar-refractivity contribution in [2.75, 3.05) is 38.0 Å². The maximum absolute atomic E-state index is 12.7. The van der Waals surface area contributed by atoms with Crippen LogP contribution in [-0.2, 0) is 14.8 Å². The molecular formula is C21H27N3O3S. The molecule has 6 nitrogen and oxygen atoms in total. The van der Waals surface area contributed by atoms with Gasteiger partial charge in [-0.1, -0.05) is 44.2 Å². The summed E-state index contributed by atoms with van der Waals surface area (Å²) in [5, 5.41) is 3.15. The second kappa shape index (κ2) is 8.75. The van der Waals surface area contributed by atoms with Crippen LogP contribution in [0.5, 0.6) is 0 Å². The third-order valence-electron chi connectivity index (χ3n) is 4.99. The second-order valence-electron chi connectivity index (χ2n) is 7.23. The van der Waals surface area contributed by atoms with Gasteiger partial charge in [0.2, 0.25) is 15.9 Å². The van der Waals surface area contributed by atoms with Crippen molar-refractivity contribution in [3.8, 4) is 0 Å². The van der Waals surface area contributed by atoms with E-state index in [1.165, 1.54) is 9.87 Å². The molecule has 0 aliphatic carbocycles. The summed E-state index contributed by atoms with van der Waals surface area (Å²) in [5.74, 6) is 0.448. The molecule has 0 spiro atoms. The molecule has 1 aliphatic rings. The van der Waals surface area contributed by atoms with Gasteiger partial charge in [0.1, 0.15) is 0 Å². The van der Waals surface area contributed by atoms with Crippen molar-refractivity contribution in [2.24, 2.45) is 0 Å². The van der Waals surface area contributed by atoms with Crippen LogP contribution in [0.4, 0.5) is 5.69 Å². The highest BCUT2D eigenvalue weighted by Gasteiger charge is 2.29. The van der Waals surface area contributed by atoms with Crippen LogP contribution in [0.2, 0.25) is 0 Å². The van der Waals surface area contributed by atoms with Gasteiger partial charge in [0.05, 0.1) is 11.4 Å². The van der Waals surface area contributed by atoms with Crippen LogP contribution >= 0.6 is 0 Å². The molecule has 1 saturated heterocycles. The number of benzene rings is 2. The molecule has 1 aliphatic heterocycles. The number of hydrogen-bond donors (Lipinski definition) is 1. The molecule has 0 atom stereocenters. The van der Waals surface area contributed by atoms with E-state index < -0.39 is 10.0 Å². The zero-order valence-corrected chi connectivity index (χ0v) is 17.2. The minimum absolute atomic E-state index is 0.0234. The van der Waals surface area contributed by atoms with E-state index in [-0.39, 0.29) is 12.5 Å². The van der Waals surface area contributed by atoms with Gasteiger partial charge in [-0.3, -0.25) is 4.79 Å². The Morgan fingerprint density at radius 3 is 2.14 bits per heavy atom. The van der Waals surface area contributed by atoms with Gasteiger partial charge in [-0.15, -0.1) is 0 Å². The van der Waals surface area contributed by atoms with Crippen molar-refractivity contribution >= 4 is 21.6 Å². The SMILES string of the molecule is CC(C)c1ccc(NCC(=O)N2CCN(S(=O)(=O)c3ccccc3)CC2)cc1. The molecule has 28 heavy (non-hydrogen) atoms. The number of nitrogens with one attached hydrogen (secondary N) is 1. The summed E-state index contributed by atoms with van der Waals surface area (Å²) in [7, 11) is -3.50. The fraction of sp³-hybridized carbons (Fsp3) is 0.381. The first-order valence-electron chi connectivity index (χ1n) is 9.55. The fourth-order valence-corrected chi connectivity index (χ4v) is 4.64. The van der Waals surface area contributed by atoms with Crippen LogP contribution in [0.25, 0.3) is 0 Å². The highest BCUT2D eigenvalue weighted by atomic mass is 32.2. The Labute approximate surface area is 167 Å². The van der Waals surface area contributed by atoms with Gasteiger partial charge in [-0.25, -0.2) is 8.42 Å². The average Bonchev–Trinajstić information content (AvgIpc) is 2.73. The lowest BCUT2D eigenvalue weighted by Gasteiger charge is -2.34. The first kappa shape index (κ1) is 20.4. The Balaban J connectivity index is 1.51. The van der Waals surface area contributed by atoms with Gasteiger partial charge in [0.25, 0.3) is 0 Å². The van der Waals surface area contributed by atoms with Crippen LogP contribution in [0.1, 0.15) is 25.3 Å². The van der Waals surface area contributed by atoms with Gasteiger partial charge in [-0.2, -0.15) is 4.31 Å². The molecule has 0 saturated carbocycles. The maximum atomic E-state index is 12.7. The molecule has 7 heteroatoms. The molecule has 0 unspecified atom stereocenters. The summed E-state index contributed by atoms with van der Waals surface area (Å²) in [6.07, 6.45) is 0. The molecule has 1 N–H and O–H groups in total. The molecule has 2 aromatic rings. The van der Waals surface area contributed by atoms with Gasteiger partial charge in [0.15, 0.2) is 0 Å². The van der Waals surface area contributed by atoms with E-state index in [4.69, 9.17) is 0 Å². The minimum atomic E-state index is -3.50. The quantitative estimate of drug-likeness (QED) is 0.808. The zero-order valence-electron chi connectivity index (χ0n) is 16.3.